The fourth-order valence-corrected chi connectivity index (χ4v) is 4.13. The zero-order valence-electron chi connectivity index (χ0n) is 18.0. The molecule has 166 valence electrons. The average Bonchev–Trinajstić information content (AvgIpc) is 3.34. The van der Waals surface area contributed by atoms with E-state index >= 15 is 0 Å². The van der Waals surface area contributed by atoms with Gasteiger partial charge >= 0.3 is 0 Å². The molecule has 3 aromatic rings. The first kappa shape index (κ1) is 22.2. The highest BCUT2D eigenvalue weighted by atomic mass is 35.5. The molecule has 0 aliphatic carbocycles. The SMILES string of the molecule is O=C(NCc1cc(-c2ccc(=O)n(CCCN3CCCC3)n2)ccc1Cl)c1ccccc1. The van der Waals surface area contributed by atoms with Crippen LogP contribution in [0.3, 0.4) is 0 Å². The molecule has 1 N–H and O–H groups in total. The summed E-state index contributed by atoms with van der Waals surface area (Å²) < 4.78 is 1.54. The van der Waals surface area contributed by atoms with Gasteiger partial charge in [0, 0.05) is 35.3 Å². The summed E-state index contributed by atoms with van der Waals surface area (Å²) in [5.74, 6) is -0.156. The number of likely N-dealkylation sites (tertiary alicyclic amines) is 1. The van der Waals surface area contributed by atoms with Crippen molar-refractivity contribution in [1.82, 2.24) is 20.0 Å². The van der Waals surface area contributed by atoms with Gasteiger partial charge in [-0.1, -0.05) is 35.9 Å². The highest BCUT2D eigenvalue weighted by Crippen LogP contribution is 2.23. The van der Waals surface area contributed by atoms with Crippen molar-refractivity contribution >= 4 is 17.5 Å². The van der Waals surface area contributed by atoms with Crippen LogP contribution in [-0.4, -0.2) is 40.2 Å². The van der Waals surface area contributed by atoms with E-state index in [0.717, 1.165) is 37.2 Å². The van der Waals surface area contributed by atoms with Crippen molar-refractivity contribution in [3.8, 4) is 11.3 Å². The van der Waals surface area contributed by atoms with Gasteiger partial charge in [0.2, 0.25) is 0 Å². The van der Waals surface area contributed by atoms with Crippen LogP contribution in [0, 0.1) is 0 Å². The Morgan fingerprint density at radius 3 is 2.56 bits per heavy atom. The van der Waals surface area contributed by atoms with Gasteiger partial charge in [-0.25, -0.2) is 4.68 Å². The molecule has 32 heavy (non-hydrogen) atoms. The van der Waals surface area contributed by atoms with Gasteiger partial charge in [-0.15, -0.1) is 0 Å². The van der Waals surface area contributed by atoms with Gasteiger partial charge in [0.25, 0.3) is 11.5 Å². The van der Waals surface area contributed by atoms with Crippen LogP contribution in [0.1, 0.15) is 35.2 Å². The van der Waals surface area contributed by atoms with Crippen molar-refractivity contribution < 1.29 is 4.79 Å². The number of halogens is 1. The Morgan fingerprint density at radius 2 is 1.78 bits per heavy atom. The molecule has 0 spiro atoms. The number of aromatic nitrogens is 2. The summed E-state index contributed by atoms with van der Waals surface area (Å²) >= 11 is 6.37. The van der Waals surface area contributed by atoms with Crippen LogP contribution in [0.25, 0.3) is 11.3 Å². The fourth-order valence-electron chi connectivity index (χ4n) is 3.95. The lowest BCUT2D eigenvalue weighted by Gasteiger charge is -2.14. The van der Waals surface area contributed by atoms with Gasteiger partial charge in [-0.2, -0.15) is 5.10 Å². The number of hydrogen-bond donors (Lipinski definition) is 1. The van der Waals surface area contributed by atoms with E-state index in [-0.39, 0.29) is 11.5 Å². The van der Waals surface area contributed by atoms with Crippen LogP contribution in [-0.2, 0) is 13.1 Å². The standard InChI is InChI=1S/C25H27ClN4O2/c26-22-10-9-20(17-21(22)18-27-25(32)19-7-2-1-3-8-19)23-11-12-24(31)30(28-23)16-6-15-29-13-4-5-14-29/h1-3,7-12,17H,4-6,13-16,18H2,(H,27,32). The van der Waals surface area contributed by atoms with E-state index in [1.807, 2.05) is 30.3 Å². The molecule has 2 heterocycles. The summed E-state index contributed by atoms with van der Waals surface area (Å²) in [6.45, 7) is 4.19. The maximum atomic E-state index is 12.4. The van der Waals surface area contributed by atoms with E-state index in [0.29, 0.717) is 29.4 Å². The number of amides is 1. The predicted octanol–water partition coefficient (Wildman–Crippen LogP) is 3.98. The van der Waals surface area contributed by atoms with Crippen molar-refractivity contribution in [2.45, 2.75) is 32.4 Å². The summed E-state index contributed by atoms with van der Waals surface area (Å²) in [4.78, 5) is 27.1. The summed E-state index contributed by atoms with van der Waals surface area (Å²) in [6, 6.07) is 17.9. The zero-order valence-corrected chi connectivity index (χ0v) is 18.7. The molecule has 0 radical (unpaired) electrons. The molecular weight excluding hydrogens is 424 g/mol. The molecule has 1 fully saturated rings. The zero-order chi connectivity index (χ0) is 22.3. The third kappa shape index (κ3) is 5.64. The molecule has 1 aromatic heterocycles. The summed E-state index contributed by atoms with van der Waals surface area (Å²) in [5.41, 5.74) is 2.86. The quantitative estimate of drug-likeness (QED) is 0.563. The van der Waals surface area contributed by atoms with E-state index < -0.39 is 0 Å². The van der Waals surface area contributed by atoms with Crippen molar-refractivity contribution in [1.29, 1.82) is 0 Å². The molecule has 4 rings (SSSR count). The molecule has 2 aromatic carbocycles. The first-order chi connectivity index (χ1) is 15.6. The van der Waals surface area contributed by atoms with E-state index in [2.05, 4.69) is 15.3 Å². The third-order valence-electron chi connectivity index (χ3n) is 5.73. The lowest BCUT2D eigenvalue weighted by Crippen LogP contribution is -2.26. The Labute approximate surface area is 192 Å². The Balaban J connectivity index is 1.45. The van der Waals surface area contributed by atoms with Crippen LogP contribution in [0.4, 0.5) is 0 Å². The van der Waals surface area contributed by atoms with Gasteiger partial charge in [-0.3, -0.25) is 9.59 Å². The minimum atomic E-state index is -0.156. The van der Waals surface area contributed by atoms with Crippen molar-refractivity contribution in [3.05, 3.63) is 87.2 Å². The highest BCUT2D eigenvalue weighted by molar-refractivity contribution is 6.31. The van der Waals surface area contributed by atoms with Crippen LogP contribution in [0.5, 0.6) is 0 Å². The molecule has 0 saturated carbocycles. The number of nitrogens with one attached hydrogen (secondary N) is 1. The van der Waals surface area contributed by atoms with Crippen molar-refractivity contribution in [2.75, 3.05) is 19.6 Å². The lowest BCUT2D eigenvalue weighted by molar-refractivity contribution is 0.0951. The molecule has 1 aliphatic heterocycles. The molecule has 1 amide bonds. The minimum absolute atomic E-state index is 0.0977. The van der Waals surface area contributed by atoms with Crippen molar-refractivity contribution in [2.24, 2.45) is 0 Å². The van der Waals surface area contributed by atoms with E-state index in [9.17, 15) is 9.59 Å². The fraction of sp³-hybridized carbons (Fsp3) is 0.320. The number of hydrogen-bond acceptors (Lipinski definition) is 4. The maximum Gasteiger partial charge on any atom is 0.266 e. The summed E-state index contributed by atoms with van der Waals surface area (Å²) in [5, 5.41) is 8.05. The van der Waals surface area contributed by atoms with E-state index in [4.69, 9.17) is 11.6 Å². The van der Waals surface area contributed by atoms with E-state index in [1.54, 1.807) is 30.3 Å². The average molecular weight is 451 g/mol. The van der Waals surface area contributed by atoms with Gasteiger partial charge in [0.05, 0.1) is 5.69 Å². The Hall–Kier alpha value is -2.96. The number of rotatable bonds is 8. The van der Waals surface area contributed by atoms with Gasteiger partial charge in [0.1, 0.15) is 0 Å². The van der Waals surface area contributed by atoms with Gasteiger partial charge in [0.15, 0.2) is 0 Å². The second kappa shape index (κ2) is 10.6. The topological polar surface area (TPSA) is 67.2 Å². The lowest BCUT2D eigenvalue weighted by atomic mass is 10.1. The summed E-state index contributed by atoms with van der Waals surface area (Å²) in [6.07, 6.45) is 3.42. The van der Waals surface area contributed by atoms with E-state index in [1.165, 1.54) is 17.5 Å². The third-order valence-corrected chi connectivity index (χ3v) is 6.10. The van der Waals surface area contributed by atoms with Gasteiger partial charge < -0.3 is 10.2 Å². The first-order valence-corrected chi connectivity index (χ1v) is 11.4. The monoisotopic (exact) mass is 450 g/mol. The second-order valence-electron chi connectivity index (χ2n) is 8.04. The first-order valence-electron chi connectivity index (χ1n) is 11.0. The van der Waals surface area contributed by atoms with Crippen LogP contribution in [0.15, 0.2) is 65.5 Å². The Morgan fingerprint density at radius 1 is 1.00 bits per heavy atom. The number of benzene rings is 2. The molecule has 1 saturated heterocycles. The maximum absolute atomic E-state index is 12.4. The molecule has 1 aliphatic rings. The second-order valence-corrected chi connectivity index (χ2v) is 8.44. The Kier molecular flexibility index (Phi) is 7.35. The molecule has 0 atom stereocenters. The smallest absolute Gasteiger partial charge is 0.266 e. The molecular formula is C25H27ClN4O2. The molecule has 0 bridgehead atoms. The largest absolute Gasteiger partial charge is 0.348 e. The van der Waals surface area contributed by atoms with Crippen LogP contribution < -0.4 is 10.9 Å². The predicted molar refractivity (Wildman–Crippen MR) is 127 cm³/mol. The summed E-state index contributed by atoms with van der Waals surface area (Å²) in [7, 11) is 0. The molecule has 7 heteroatoms. The highest BCUT2D eigenvalue weighted by Gasteiger charge is 2.12. The van der Waals surface area contributed by atoms with Gasteiger partial charge in [-0.05, 0) is 74.8 Å². The molecule has 0 unspecified atom stereocenters. The number of aryl methyl sites for hydroxylation is 1. The van der Waals surface area contributed by atoms with Crippen LogP contribution >= 0.6 is 11.6 Å². The number of nitrogens with zero attached hydrogens (tertiary/aromatic N) is 3. The number of carbonyl (C=O) groups excluding carboxylic acids is 1. The Bertz CT molecular complexity index is 1120. The minimum Gasteiger partial charge on any atom is -0.348 e. The van der Waals surface area contributed by atoms with Crippen LogP contribution in [0.2, 0.25) is 5.02 Å². The normalized spacial score (nSPS) is 13.9. The number of carbonyl (C=O) groups is 1. The van der Waals surface area contributed by atoms with Crippen molar-refractivity contribution in [3.63, 3.8) is 0 Å². The molecule has 6 nitrogen and oxygen atoms in total.